The summed E-state index contributed by atoms with van der Waals surface area (Å²) in [5, 5.41) is 3.68. The fourth-order valence-corrected chi connectivity index (χ4v) is 2.54. The Morgan fingerprint density at radius 2 is 1.91 bits per heavy atom. The van der Waals surface area contributed by atoms with Crippen molar-refractivity contribution in [1.82, 2.24) is 5.32 Å². The van der Waals surface area contributed by atoms with Crippen molar-refractivity contribution in [3.05, 3.63) is 41.5 Å². The molecular formula is C18H30Cl2N2. The fraction of sp³-hybridized carbons (Fsp3) is 0.556. The van der Waals surface area contributed by atoms with Gasteiger partial charge in [0.25, 0.3) is 0 Å². The lowest BCUT2D eigenvalue weighted by Crippen LogP contribution is -2.37. The molecule has 0 aliphatic heterocycles. The zero-order valence-electron chi connectivity index (χ0n) is 13.8. The number of rotatable bonds is 7. The first-order valence-electron chi connectivity index (χ1n) is 7.74. The molecule has 1 unspecified atom stereocenters. The van der Waals surface area contributed by atoms with Crippen molar-refractivity contribution < 1.29 is 0 Å². The predicted molar refractivity (Wildman–Crippen MR) is 102 cm³/mol. The lowest BCUT2D eigenvalue weighted by Gasteiger charge is -2.23. The Hall–Kier alpha value is -0.540. The van der Waals surface area contributed by atoms with Crippen LogP contribution in [-0.2, 0) is 0 Å². The van der Waals surface area contributed by atoms with Gasteiger partial charge in [-0.05, 0) is 36.3 Å². The highest BCUT2D eigenvalue weighted by molar-refractivity contribution is 5.85. The highest BCUT2D eigenvalue weighted by Crippen LogP contribution is 2.40. The van der Waals surface area contributed by atoms with E-state index < -0.39 is 0 Å². The fourth-order valence-electron chi connectivity index (χ4n) is 2.54. The monoisotopic (exact) mass is 344 g/mol. The summed E-state index contributed by atoms with van der Waals surface area (Å²) < 4.78 is 0. The third-order valence-corrected chi connectivity index (χ3v) is 4.22. The number of benzene rings is 1. The van der Waals surface area contributed by atoms with Crippen LogP contribution in [0.4, 0.5) is 0 Å². The van der Waals surface area contributed by atoms with E-state index in [-0.39, 0.29) is 30.2 Å². The maximum absolute atomic E-state index is 5.78. The minimum Gasteiger partial charge on any atom is -0.330 e. The van der Waals surface area contributed by atoms with Gasteiger partial charge in [0.2, 0.25) is 0 Å². The molecule has 126 valence electrons. The minimum absolute atomic E-state index is 0. The Morgan fingerprint density at radius 1 is 1.27 bits per heavy atom. The van der Waals surface area contributed by atoms with E-state index in [1.165, 1.54) is 12.0 Å². The van der Waals surface area contributed by atoms with Gasteiger partial charge in [-0.2, -0.15) is 0 Å². The topological polar surface area (TPSA) is 38.0 Å². The number of hydrogen-bond acceptors (Lipinski definition) is 2. The Kier molecular flexibility index (Phi) is 9.33. The third kappa shape index (κ3) is 6.29. The van der Waals surface area contributed by atoms with Gasteiger partial charge < -0.3 is 11.1 Å². The highest BCUT2D eigenvalue weighted by atomic mass is 35.5. The molecule has 22 heavy (non-hydrogen) atoms. The molecule has 1 aliphatic rings. The predicted octanol–water partition coefficient (Wildman–Crippen LogP) is 4.29. The van der Waals surface area contributed by atoms with Crippen molar-refractivity contribution in [2.75, 3.05) is 13.1 Å². The maximum atomic E-state index is 5.78. The normalized spacial score (nSPS) is 20.8. The second-order valence-corrected chi connectivity index (χ2v) is 6.68. The van der Waals surface area contributed by atoms with Gasteiger partial charge in [-0.1, -0.05) is 62.8 Å². The molecule has 1 aromatic carbocycles. The van der Waals surface area contributed by atoms with Gasteiger partial charge in [-0.3, -0.25) is 0 Å². The Bertz CT molecular complexity index is 457. The Morgan fingerprint density at radius 3 is 2.45 bits per heavy atom. The van der Waals surface area contributed by atoms with E-state index in [1.54, 1.807) is 5.57 Å². The van der Waals surface area contributed by atoms with Crippen molar-refractivity contribution >= 4 is 30.9 Å². The molecule has 0 heterocycles. The van der Waals surface area contributed by atoms with Crippen LogP contribution in [-0.4, -0.2) is 19.1 Å². The molecule has 1 fully saturated rings. The van der Waals surface area contributed by atoms with E-state index in [0.717, 1.165) is 19.5 Å². The van der Waals surface area contributed by atoms with Crippen LogP contribution in [0.3, 0.4) is 0 Å². The standard InChI is InChI=1S/C18H28N2.2ClH/c1-4-15(10-14-8-6-5-7-9-14)16-11-17(16)20-13-18(2,3)12-19;;/h5-10,16-17,20H,4,11-13,19H2,1-3H3;2*1H/t16?,17-;;/m0../s1. The van der Waals surface area contributed by atoms with Crippen LogP contribution >= 0.6 is 24.8 Å². The van der Waals surface area contributed by atoms with Crippen LogP contribution in [0.1, 0.15) is 39.2 Å². The molecule has 1 aliphatic carbocycles. The summed E-state index contributed by atoms with van der Waals surface area (Å²) >= 11 is 0. The van der Waals surface area contributed by atoms with Crippen LogP contribution in [0.5, 0.6) is 0 Å². The van der Waals surface area contributed by atoms with Gasteiger partial charge in [0.15, 0.2) is 0 Å². The third-order valence-electron chi connectivity index (χ3n) is 4.22. The first-order chi connectivity index (χ1) is 9.55. The largest absolute Gasteiger partial charge is 0.330 e. The molecule has 0 radical (unpaired) electrons. The van der Waals surface area contributed by atoms with E-state index in [1.807, 2.05) is 0 Å². The molecule has 2 rings (SSSR count). The summed E-state index contributed by atoms with van der Waals surface area (Å²) in [5.41, 5.74) is 8.87. The first kappa shape index (κ1) is 21.5. The van der Waals surface area contributed by atoms with Crippen molar-refractivity contribution in [2.45, 2.75) is 39.7 Å². The minimum atomic E-state index is 0. The molecule has 1 saturated carbocycles. The second-order valence-electron chi connectivity index (χ2n) is 6.68. The highest BCUT2D eigenvalue weighted by Gasteiger charge is 2.39. The van der Waals surface area contributed by atoms with E-state index >= 15 is 0 Å². The Balaban J connectivity index is 0.00000220. The summed E-state index contributed by atoms with van der Waals surface area (Å²) in [4.78, 5) is 0. The van der Waals surface area contributed by atoms with Crippen molar-refractivity contribution in [3.8, 4) is 0 Å². The summed E-state index contributed by atoms with van der Waals surface area (Å²) in [6.45, 7) is 8.44. The van der Waals surface area contributed by atoms with E-state index in [2.05, 4.69) is 62.5 Å². The van der Waals surface area contributed by atoms with Crippen molar-refractivity contribution in [1.29, 1.82) is 0 Å². The molecule has 2 nitrogen and oxygen atoms in total. The summed E-state index contributed by atoms with van der Waals surface area (Å²) in [6.07, 6.45) is 4.77. The van der Waals surface area contributed by atoms with E-state index in [0.29, 0.717) is 12.0 Å². The van der Waals surface area contributed by atoms with Crippen LogP contribution in [0, 0.1) is 11.3 Å². The van der Waals surface area contributed by atoms with Gasteiger partial charge >= 0.3 is 0 Å². The molecule has 3 N–H and O–H groups in total. The SMILES string of the molecule is CCC(=Cc1ccccc1)C1C[C@@H]1NCC(C)(C)CN.Cl.Cl. The molecule has 1 aromatic rings. The van der Waals surface area contributed by atoms with Crippen LogP contribution in [0.15, 0.2) is 35.9 Å². The van der Waals surface area contributed by atoms with Gasteiger partial charge in [0, 0.05) is 12.6 Å². The van der Waals surface area contributed by atoms with Crippen LogP contribution in [0.25, 0.3) is 6.08 Å². The van der Waals surface area contributed by atoms with Crippen molar-refractivity contribution in [2.24, 2.45) is 17.1 Å². The molecule has 0 spiro atoms. The molecule has 0 amide bonds. The number of nitrogens with two attached hydrogens (primary N) is 1. The van der Waals surface area contributed by atoms with Gasteiger partial charge in [-0.25, -0.2) is 0 Å². The summed E-state index contributed by atoms with van der Waals surface area (Å²) in [6, 6.07) is 11.3. The zero-order valence-corrected chi connectivity index (χ0v) is 15.5. The number of halogens is 2. The Labute approximate surface area is 147 Å². The molecule has 2 atom stereocenters. The smallest absolute Gasteiger partial charge is 0.0140 e. The van der Waals surface area contributed by atoms with E-state index in [4.69, 9.17) is 5.73 Å². The lowest BCUT2D eigenvalue weighted by atomic mass is 9.94. The number of nitrogens with one attached hydrogen (secondary N) is 1. The average Bonchev–Trinajstić information content (AvgIpc) is 3.23. The molecule has 0 saturated heterocycles. The van der Waals surface area contributed by atoms with Gasteiger partial charge in [0.1, 0.15) is 0 Å². The molecule has 0 bridgehead atoms. The second kappa shape index (κ2) is 9.57. The molecule has 0 aromatic heterocycles. The zero-order chi connectivity index (χ0) is 14.6. The quantitative estimate of drug-likeness (QED) is 0.774. The number of hydrogen-bond donors (Lipinski definition) is 2. The molecular weight excluding hydrogens is 315 g/mol. The summed E-state index contributed by atoms with van der Waals surface area (Å²) in [5.74, 6) is 0.716. The van der Waals surface area contributed by atoms with E-state index in [9.17, 15) is 0 Å². The van der Waals surface area contributed by atoms with Gasteiger partial charge in [0.05, 0.1) is 0 Å². The lowest BCUT2D eigenvalue weighted by molar-refractivity contribution is 0.348. The van der Waals surface area contributed by atoms with Crippen LogP contribution in [0.2, 0.25) is 0 Å². The van der Waals surface area contributed by atoms with Crippen LogP contribution < -0.4 is 11.1 Å². The maximum Gasteiger partial charge on any atom is 0.0140 e. The average molecular weight is 345 g/mol. The first-order valence-corrected chi connectivity index (χ1v) is 7.74. The van der Waals surface area contributed by atoms with Gasteiger partial charge in [-0.15, -0.1) is 24.8 Å². The molecule has 4 heteroatoms. The van der Waals surface area contributed by atoms with Crippen molar-refractivity contribution in [3.63, 3.8) is 0 Å². The summed E-state index contributed by atoms with van der Waals surface area (Å²) in [7, 11) is 0.